The topological polar surface area (TPSA) is 71.3 Å². The molecule has 0 aliphatic carbocycles. The van der Waals surface area contributed by atoms with Crippen molar-refractivity contribution in [3.63, 3.8) is 0 Å². The van der Waals surface area contributed by atoms with Gasteiger partial charge in [-0.25, -0.2) is 0 Å². The highest BCUT2D eigenvalue weighted by atomic mass is 16.6. The summed E-state index contributed by atoms with van der Waals surface area (Å²) in [5, 5.41) is 14.5. The molecule has 1 aromatic carbocycles. The second-order valence-electron chi connectivity index (χ2n) is 5.85. The van der Waals surface area contributed by atoms with Crippen LogP contribution in [-0.2, 0) is 6.54 Å². The molecule has 23 heavy (non-hydrogen) atoms. The predicted octanol–water partition coefficient (Wildman–Crippen LogP) is 2.44. The van der Waals surface area contributed by atoms with Crippen LogP contribution in [0.1, 0.15) is 22.7 Å². The number of rotatable bonds is 4. The van der Waals surface area contributed by atoms with Gasteiger partial charge in [-0.3, -0.25) is 20.0 Å². The van der Waals surface area contributed by atoms with Crippen LogP contribution in [0.25, 0.3) is 0 Å². The van der Waals surface area contributed by atoms with Gasteiger partial charge in [0.1, 0.15) is 0 Å². The highest BCUT2D eigenvalue weighted by Crippen LogP contribution is 2.26. The van der Waals surface area contributed by atoms with E-state index in [4.69, 9.17) is 0 Å². The third-order valence-corrected chi connectivity index (χ3v) is 4.30. The first-order valence-electron chi connectivity index (χ1n) is 7.74. The van der Waals surface area contributed by atoms with Crippen LogP contribution < -0.4 is 5.32 Å². The lowest BCUT2D eigenvalue weighted by Crippen LogP contribution is -2.45. The molecule has 0 spiro atoms. The van der Waals surface area contributed by atoms with Crippen LogP contribution in [0.4, 0.5) is 5.69 Å². The van der Waals surface area contributed by atoms with E-state index in [2.05, 4.69) is 15.2 Å². The Labute approximate surface area is 135 Å². The number of hydrogen-bond acceptors (Lipinski definition) is 5. The van der Waals surface area contributed by atoms with E-state index in [1.165, 1.54) is 5.56 Å². The van der Waals surface area contributed by atoms with Gasteiger partial charge in [-0.05, 0) is 30.2 Å². The molecule has 0 bridgehead atoms. The number of aromatic nitrogens is 1. The average Bonchev–Trinajstić information content (AvgIpc) is 2.57. The Balaban J connectivity index is 1.82. The molecule has 2 heterocycles. The van der Waals surface area contributed by atoms with E-state index >= 15 is 0 Å². The molecule has 6 heteroatoms. The van der Waals surface area contributed by atoms with Crippen LogP contribution in [-0.4, -0.2) is 34.4 Å². The summed E-state index contributed by atoms with van der Waals surface area (Å²) in [6.45, 7) is 5.18. The van der Waals surface area contributed by atoms with Gasteiger partial charge in [-0.1, -0.05) is 12.1 Å². The molecule has 1 unspecified atom stereocenters. The van der Waals surface area contributed by atoms with Gasteiger partial charge in [0.25, 0.3) is 5.69 Å². The molecule has 1 aliphatic rings. The van der Waals surface area contributed by atoms with E-state index in [1.807, 2.05) is 24.3 Å². The number of nitro benzene ring substituents is 1. The number of nitrogens with one attached hydrogen (secondary N) is 1. The van der Waals surface area contributed by atoms with Crippen molar-refractivity contribution in [2.45, 2.75) is 19.5 Å². The summed E-state index contributed by atoms with van der Waals surface area (Å²) in [7, 11) is 0. The van der Waals surface area contributed by atoms with Crippen LogP contribution in [0.15, 0.2) is 42.7 Å². The van der Waals surface area contributed by atoms with E-state index in [0.717, 1.165) is 25.2 Å². The van der Waals surface area contributed by atoms with Gasteiger partial charge in [0.15, 0.2) is 0 Å². The Bertz CT molecular complexity index is 690. The number of pyridine rings is 1. The van der Waals surface area contributed by atoms with Gasteiger partial charge in [-0.15, -0.1) is 0 Å². The van der Waals surface area contributed by atoms with E-state index in [-0.39, 0.29) is 16.7 Å². The standard InChI is InChI=1S/C17H20N4O2/c1-13-2-3-14(10-16(13)21(22)23)12-20-9-8-19-11-17(20)15-4-6-18-7-5-15/h2-7,10,17,19H,8-9,11-12H2,1H3. The quantitative estimate of drug-likeness (QED) is 0.693. The molecule has 6 nitrogen and oxygen atoms in total. The lowest BCUT2D eigenvalue weighted by Gasteiger charge is -2.36. The molecule has 2 aromatic rings. The van der Waals surface area contributed by atoms with Gasteiger partial charge in [0, 0.05) is 56.2 Å². The third-order valence-electron chi connectivity index (χ3n) is 4.30. The molecule has 0 amide bonds. The highest BCUT2D eigenvalue weighted by molar-refractivity contribution is 5.42. The SMILES string of the molecule is Cc1ccc(CN2CCNCC2c2ccncc2)cc1[N+](=O)[O-]. The van der Waals surface area contributed by atoms with Gasteiger partial charge < -0.3 is 5.32 Å². The van der Waals surface area contributed by atoms with Crippen LogP contribution >= 0.6 is 0 Å². The minimum atomic E-state index is -0.309. The van der Waals surface area contributed by atoms with E-state index in [9.17, 15) is 10.1 Å². The first kappa shape index (κ1) is 15.6. The van der Waals surface area contributed by atoms with Crippen molar-refractivity contribution in [3.8, 4) is 0 Å². The third kappa shape index (κ3) is 3.55. The predicted molar refractivity (Wildman–Crippen MR) is 88.1 cm³/mol. The van der Waals surface area contributed by atoms with Gasteiger partial charge in [0.2, 0.25) is 0 Å². The second kappa shape index (κ2) is 6.85. The van der Waals surface area contributed by atoms with Crippen molar-refractivity contribution in [1.29, 1.82) is 0 Å². The molecule has 1 aliphatic heterocycles. The molecule has 0 radical (unpaired) electrons. The number of piperazine rings is 1. The first-order valence-corrected chi connectivity index (χ1v) is 7.74. The summed E-state index contributed by atoms with van der Waals surface area (Å²) in [6.07, 6.45) is 3.61. The largest absolute Gasteiger partial charge is 0.314 e. The molecule has 3 rings (SSSR count). The molecule has 120 valence electrons. The monoisotopic (exact) mass is 312 g/mol. The van der Waals surface area contributed by atoms with Gasteiger partial charge >= 0.3 is 0 Å². The Kier molecular flexibility index (Phi) is 4.64. The smallest absolute Gasteiger partial charge is 0.272 e. The van der Waals surface area contributed by atoms with Crippen molar-refractivity contribution in [2.24, 2.45) is 0 Å². The maximum atomic E-state index is 11.1. The number of aryl methyl sites for hydroxylation is 1. The minimum Gasteiger partial charge on any atom is -0.314 e. The molecule has 1 atom stereocenters. The molecular weight excluding hydrogens is 292 g/mol. The number of nitro groups is 1. The van der Waals surface area contributed by atoms with Gasteiger partial charge in [-0.2, -0.15) is 0 Å². The molecule has 1 saturated heterocycles. The minimum absolute atomic E-state index is 0.193. The average molecular weight is 312 g/mol. The second-order valence-corrected chi connectivity index (χ2v) is 5.85. The molecular formula is C17H20N4O2. The van der Waals surface area contributed by atoms with Crippen LogP contribution in [0.5, 0.6) is 0 Å². The lowest BCUT2D eigenvalue weighted by molar-refractivity contribution is -0.385. The Morgan fingerprint density at radius 2 is 2.13 bits per heavy atom. The lowest BCUT2D eigenvalue weighted by atomic mass is 10.0. The van der Waals surface area contributed by atoms with Crippen molar-refractivity contribution >= 4 is 5.69 Å². The maximum Gasteiger partial charge on any atom is 0.272 e. The Morgan fingerprint density at radius 1 is 1.35 bits per heavy atom. The fraction of sp³-hybridized carbons (Fsp3) is 0.353. The van der Waals surface area contributed by atoms with E-state index in [1.54, 1.807) is 25.4 Å². The zero-order chi connectivity index (χ0) is 16.2. The Hall–Kier alpha value is -2.31. The normalized spacial score (nSPS) is 18.7. The van der Waals surface area contributed by atoms with Crippen LogP contribution in [0, 0.1) is 17.0 Å². The Morgan fingerprint density at radius 3 is 2.87 bits per heavy atom. The fourth-order valence-corrected chi connectivity index (χ4v) is 3.03. The zero-order valence-corrected chi connectivity index (χ0v) is 13.1. The molecule has 0 saturated carbocycles. The van der Waals surface area contributed by atoms with E-state index in [0.29, 0.717) is 12.1 Å². The molecule has 1 fully saturated rings. The van der Waals surface area contributed by atoms with E-state index < -0.39 is 0 Å². The first-order chi connectivity index (χ1) is 11.1. The van der Waals surface area contributed by atoms with Crippen molar-refractivity contribution < 1.29 is 4.92 Å². The number of hydrogen-bond donors (Lipinski definition) is 1. The summed E-state index contributed by atoms with van der Waals surface area (Å²) >= 11 is 0. The van der Waals surface area contributed by atoms with Crippen LogP contribution in [0.2, 0.25) is 0 Å². The molecule has 1 N–H and O–H groups in total. The zero-order valence-electron chi connectivity index (χ0n) is 13.1. The van der Waals surface area contributed by atoms with Crippen molar-refractivity contribution in [3.05, 3.63) is 69.5 Å². The highest BCUT2D eigenvalue weighted by Gasteiger charge is 2.24. The number of nitrogens with zero attached hydrogens (tertiary/aromatic N) is 3. The summed E-state index contributed by atoms with van der Waals surface area (Å²) in [5.74, 6) is 0. The summed E-state index contributed by atoms with van der Waals surface area (Å²) in [6, 6.07) is 9.82. The van der Waals surface area contributed by atoms with Gasteiger partial charge in [0.05, 0.1) is 4.92 Å². The maximum absolute atomic E-state index is 11.1. The van der Waals surface area contributed by atoms with Crippen molar-refractivity contribution in [2.75, 3.05) is 19.6 Å². The summed E-state index contributed by atoms with van der Waals surface area (Å²) in [4.78, 5) is 17.3. The van der Waals surface area contributed by atoms with Crippen LogP contribution in [0.3, 0.4) is 0 Å². The fourth-order valence-electron chi connectivity index (χ4n) is 3.03. The molecule has 1 aromatic heterocycles. The van der Waals surface area contributed by atoms with Crippen molar-refractivity contribution in [1.82, 2.24) is 15.2 Å². The summed E-state index contributed by atoms with van der Waals surface area (Å²) < 4.78 is 0. The summed E-state index contributed by atoms with van der Waals surface area (Å²) in [5.41, 5.74) is 3.08. The number of benzene rings is 1.